The van der Waals surface area contributed by atoms with Crippen LogP contribution in [0.25, 0.3) is 0 Å². The molecule has 1 heterocycles. The number of amides is 2. The molecule has 3 rings (SSSR count). The average molecular weight is 556 g/mol. The molecule has 0 bridgehead atoms. The molecule has 0 radical (unpaired) electrons. The van der Waals surface area contributed by atoms with E-state index in [1.165, 1.54) is 0 Å². The van der Waals surface area contributed by atoms with E-state index < -0.39 is 21.7 Å². The van der Waals surface area contributed by atoms with Gasteiger partial charge < -0.3 is 10.6 Å². The second kappa shape index (κ2) is 11.4. The number of rotatable bonds is 10. The fraction of sp³-hybridized carbons (Fsp3) is 0.200. The molecule has 0 spiro atoms. The van der Waals surface area contributed by atoms with Crippen molar-refractivity contribution in [2.75, 3.05) is 18.4 Å². The minimum absolute atomic E-state index is 0.0925. The lowest BCUT2D eigenvalue weighted by Gasteiger charge is -2.06. The van der Waals surface area contributed by atoms with E-state index >= 15 is 0 Å². The van der Waals surface area contributed by atoms with Gasteiger partial charge >= 0.3 is 0 Å². The van der Waals surface area contributed by atoms with Crippen LogP contribution in [0.15, 0.2) is 57.9 Å². The highest BCUT2D eigenvalue weighted by molar-refractivity contribution is 9.10. The topological polar surface area (TPSA) is 130 Å². The fourth-order valence-corrected chi connectivity index (χ4v) is 4.78. The van der Waals surface area contributed by atoms with Crippen molar-refractivity contribution < 1.29 is 22.4 Å². The van der Waals surface area contributed by atoms with E-state index in [0.29, 0.717) is 23.5 Å². The molecule has 1 aromatic heterocycles. The predicted molar refractivity (Wildman–Crippen MR) is 125 cm³/mol. The SMILES string of the molecule is O=C(CCNS(=O)(=O)c1ccc(F)cc1)Nc1nnc(CCNC(=O)c2cccc(Br)c2)s1. The molecule has 0 aliphatic carbocycles. The number of anilines is 1. The summed E-state index contributed by atoms with van der Waals surface area (Å²) in [6, 6.07) is 11.4. The van der Waals surface area contributed by atoms with Gasteiger partial charge in [0.25, 0.3) is 5.91 Å². The van der Waals surface area contributed by atoms with Gasteiger partial charge in [0.1, 0.15) is 10.8 Å². The summed E-state index contributed by atoms with van der Waals surface area (Å²) in [5.41, 5.74) is 0.532. The summed E-state index contributed by atoms with van der Waals surface area (Å²) in [5.74, 6) is -1.20. The molecule has 2 amide bonds. The van der Waals surface area contributed by atoms with E-state index in [-0.39, 0.29) is 28.9 Å². The predicted octanol–water partition coefficient (Wildman–Crippen LogP) is 2.72. The zero-order valence-electron chi connectivity index (χ0n) is 17.0. The van der Waals surface area contributed by atoms with E-state index in [2.05, 4.69) is 41.5 Å². The summed E-state index contributed by atoms with van der Waals surface area (Å²) < 4.78 is 40.3. The van der Waals surface area contributed by atoms with E-state index in [1.54, 1.807) is 18.2 Å². The quantitative estimate of drug-likeness (QED) is 0.352. The van der Waals surface area contributed by atoms with E-state index in [1.807, 2.05) is 6.07 Å². The Balaban J connectivity index is 1.40. The molecule has 0 unspecified atom stereocenters. The van der Waals surface area contributed by atoms with E-state index in [4.69, 9.17) is 0 Å². The van der Waals surface area contributed by atoms with E-state index in [9.17, 15) is 22.4 Å². The molecule has 0 aliphatic rings. The maximum absolute atomic E-state index is 12.9. The van der Waals surface area contributed by atoms with Gasteiger partial charge in [-0.2, -0.15) is 0 Å². The summed E-state index contributed by atoms with van der Waals surface area (Å²) in [6.45, 7) is 0.206. The van der Waals surface area contributed by atoms with Gasteiger partial charge in [-0.3, -0.25) is 9.59 Å². The van der Waals surface area contributed by atoms with Gasteiger partial charge in [0.05, 0.1) is 4.90 Å². The number of sulfonamides is 1. The van der Waals surface area contributed by atoms with Crippen LogP contribution in [0.4, 0.5) is 9.52 Å². The Kier molecular flexibility index (Phi) is 8.61. The first-order chi connectivity index (χ1) is 15.7. The second-order valence-electron chi connectivity index (χ2n) is 6.67. The largest absolute Gasteiger partial charge is 0.352 e. The lowest BCUT2D eigenvalue weighted by molar-refractivity contribution is -0.116. The fourth-order valence-electron chi connectivity index (χ4n) is 2.60. The van der Waals surface area contributed by atoms with Crippen LogP contribution in [-0.2, 0) is 21.2 Å². The van der Waals surface area contributed by atoms with Gasteiger partial charge in [-0.1, -0.05) is 33.3 Å². The van der Waals surface area contributed by atoms with Crippen LogP contribution in [0.5, 0.6) is 0 Å². The van der Waals surface area contributed by atoms with Crippen LogP contribution in [0, 0.1) is 5.82 Å². The smallest absolute Gasteiger partial charge is 0.251 e. The van der Waals surface area contributed by atoms with Crippen LogP contribution < -0.4 is 15.4 Å². The minimum Gasteiger partial charge on any atom is -0.352 e. The monoisotopic (exact) mass is 555 g/mol. The van der Waals surface area contributed by atoms with Crippen LogP contribution in [0.3, 0.4) is 0 Å². The van der Waals surface area contributed by atoms with Gasteiger partial charge in [0.15, 0.2) is 0 Å². The van der Waals surface area contributed by atoms with Crippen molar-refractivity contribution in [3.05, 3.63) is 69.4 Å². The number of hydrogen-bond acceptors (Lipinski definition) is 7. The normalized spacial score (nSPS) is 11.2. The van der Waals surface area contributed by atoms with Crippen LogP contribution in [-0.4, -0.2) is 43.5 Å². The second-order valence-corrected chi connectivity index (χ2v) is 10.4. The van der Waals surface area contributed by atoms with Gasteiger partial charge in [-0.15, -0.1) is 10.2 Å². The summed E-state index contributed by atoms with van der Waals surface area (Å²) in [5, 5.41) is 14.1. The Morgan fingerprint density at radius 1 is 1.06 bits per heavy atom. The van der Waals surface area contributed by atoms with Crippen molar-refractivity contribution in [1.82, 2.24) is 20.2 Å². The van der Waals surface area contributed by atoms with Crippen molar-refractivity contribution in [3.63, 3.8) is 0 Å². The Morgan fingerprint density at radius 2 is 1.82 bits per heavy atom. The molecule has 33 heavy (non-hydrogen) atoms. The molecular formula is C20H19BrFN5O4S2. The third-order valence-corrected chi connectivity index (χ3v) is 7.06. The van der Waals surface area contributed by atoms with Gasteiger partial charge in [0.2, 0.25) is 21.1 Å². The van der Waals surface area contributed by atoms with Crippen molar-refractivity contribution in [3.8, 4) is 0 Å². The van der Waals surface area contributed by atoms with Crippen molar-refractivity contribution in [2.45, 2.75) is 17.7 Å². The molecule has 0 saturated heterocycles. The standard InChI is InChI=1S/C20H19BrFN5O4S2/c21-14-3-1-2-13(12-14)19(29)23-10-9-18-26-27-20(32-18)25-17(28)8-11-24-33(30,31)16-6-4-15(22)5-7-16/h1-7,12,24H,8-11H2,(H,23,29)(H,25,27,28). The van der Waals surface area contributed by atoms with E-state index in [0.717, 1.165) is 40.1 Å². The first-order valence-corrected chi connectivity index (χ1v) is 12.7. The molecule has 13 heteroatoms. The van der Waals surface area contributed by atoms with Gasteiger partial charge in [-0.05, 0) is 42.5 Å². The lowest BCUT2D eigenvalue weighted by atomic mass is 10.2. The third-order valence-electron chi connectivity index (χ3n) is 4.19. The molecule has 0 saturated carbocycles. The molecule has 0 atom stereocenters. The van der Waals surface area contributed by atoms with Crippen molar-refractivity contribution in [1.29, 1.82) is 0 Å². The number of hydrogen-bond donors (Lipinski definition) is 3. The molecule has 2 aromatic carbocycles. The number of nitrogens with zero attached hydrogens (tertiary/aromatic N) is 2. The maximum Gasteiger partial charge on any atom is 0.251 e. The Hall–Kier alpha value is -2.74. The Labute approximate surface area is 202 Å². The first kappa shape index (κ1) is 24.9. The highest BCUT2D eigenvalue weighted by atomic mass is 79.9. The number of aromatic nitrogens is 2. The summed E-state index contributed by atoms with van der Waals surface area (Å²) in [6.07, 6.45) is 0.308. The molecule has 9 nitrogen and oxygen atoms in total. The lowest BCUT2D eigenvalue weighted by Crippen LogP contribution is -2.27. The van der Waals surface area contributed by atoms with Crippen LogP contribution >= 0.6 is 27.3 Å². The summed E-state index contributed by atoms with van der Waals surface area (Å²) in [7, 11) is -3.84. The highest BCUT2D eigenvalue weighted by Crippen LogP contribution is 2.16. The molecular weight excluding hydrogens is 537 g/mol. The maximum atomic E-state index is 12.9. The van der Waals surface area contributed by atoms with Gasteiger partial charge in [-0.25, -0.2) is 17.5 Å². The number of carbonyl (C=O) groups is 2. The zero-order chi connectivity index (χ0) is 23.8. The summed E-state index contributed by atoms with van der Waals surface area (Å²) in [4.78, 5) is 24.1. The Morgan fingerprint density at radius 3 is 2.55 bits per heavy atom. The third kappa shape index (κ3) is 7.67. The first-order valence-electron chi connectivity index (χ1n) is 9.64. The van der Waals surface area contributed by atoms with Crippen LogP contribution in [0.2, 0.25) is 0 Å². The number of halogens is 2. The van der Waals surface area contributed by atoms with Crippen molar-refractivity contribution >= 4 is 54.2 Å². The van der Waals surface area contributed by atoms with Crippen LogP contribution in [0.1, 0.15) is 21.8 Å². The molecule has 0 aliphatic heterocycles. The molecule has 174 valence electrons. The molecule has 0 fully saturated rings. The number of benzene rings is 2. The molecule has 3 aromatic rings. The average Bonchev–Trinajstić information content (AvgIpc) is 3.20. The highest BCUT2D eigenvalue weighted by Gasteiger charge is 2.15. The number of carbonyl (C=O) groups excluding carboxylic acids is 2. The van der Waals surface area contributed by atoms with Gasteiger partial charge in [0, 0.05) is 36.0 Å². The Bertz CT molecular complexity index is 1240. The summed E-state index contributed by atoms with van der Waals surface area (Å²) >= 11 is 4.48. The minimum atomic E-state index is -3.84. The molecule has 3 N–H and O–H groups in total. The van der Waals surface area contributed by atoms with Crippen molar-refractivity contribution in [2.24, 2.45) is 0 Å². The number of nitrogens with one attached hydrogen (secondary N) is 3. The zero-order valence-corrected chi connectivity index (χ0v) is 20.3.